The molecule has 3 N–H and O–H groups in total. The molecule has 0 aliphatic carbocycles. The van der Waals surface area contributed by atoms with Crippen LogP contribution in [0.3, 0.4) is 0 Å². The maximum atomic E-state index is 12.4. The van der Waals surface area contributed by atoms with Gasteiger partial charge in [0.25, 0.3) is 0 Å². The highest BCUT2D eigenvalue weighted by Gasteiger charge is 2.29. The number of aromatic nitrogens is 2. The monoisotopic (exact) mass is 270 g/mol. The molecule has 0 aliphatic heterocycles. The minimum atomic E-state index is -4.31. The van der Waals surface area contributed by atoms with Gasteiger partial charge in [0.15, 0.2) is 5.82 Å². The number of nitrogens with one attached hydrogen (secondary N) is 1. The Morgan fingerprint density at radius 2 is 1.89 bits per heavy atom. The van der Waals surface area contributed by atoms with Crippen LogP contribution in [0.2, 0.25) is 0 Å². The van der Waals surface area contributed by atoms with Crippen LogP contribution in [0, 0.1) is 0 Å². The first-order valence-corrected chi connectivity index (χ1v) is 5.55. The van der Waals surface area contributed by atoms with Crippen molar-refractivity contribution >= 4 is 11.5 Å². The van der Waals surface area contributed by atoms with Crippen molar-refractivity contribution in [1.29, 1.82) is 0 Å². The Morgan fingerprint density at radius 1 is 1.26 bits per heavy atom. The van der Waals surface area contributed by atoms with Crippen LogP contribution in [-0.2, 0) is 19.8 Å². The predicted molar refractivity (Wildman–Crippen MR) is 66.4 cm³/mol. The number of aryl methyl sites for hydroxylation is 1. The third-order valence-corrected chi connectivity index (χ3v) is 2.60. The SMILES string of the molecule is Cn1cc(N)c(NCc2ccc(C(F)(F)F)cc2)n1. The third-order valence-electron chi connectivity index (χ3n) is 2.60. The van der Waals surface area contributed by atoms with E-state index < -0.39 is 11.7 Å². The maximum Gasteiger partial charge on any atom is 0.416 e. The molecule has 0 unspecified atom stereocenters. The maximum absolute atomic E-state index is 12.4. The van der Waals surface area contributed by atoms with Gasteiger partial charge in [-0.1, -0.05) is 12.1 Å². The molecule has 102 valence electrons. The number of rotatable bonds is 3. The Kier molecular flexibility index (Phi) is 3.37. The first-order chi connectivity index (χ1) is 8.86. The van der Waals surface area contributed by atoms with E-state index in [0.717, 1.165) is 17.7 Å². The van der Waals surface area contributed by atoms with Crippen molar-refractivity contribution in [2.24, 2.45) is 7.05 Å². The fraction of sp³-hybridized carbons (Fsp3) is 0.250. The summed E-state index contributed by atoms with van der Waals surface area (Å²) >= 11 is 0. The smallest absolute Gasteiger partial charge is 0.394 e. The highest BCUT2D eigenvalue weighted by Crippen LogP contribution is 2.29. The molecule has 1 heterocycles. The lowest BCUT2D eigenvalue weighted by Gasteiger charge is -2.08. The molecule has 0 atom stereocenters. The molecule has 0 saturated carbocycles. The zero-order chi connectivity index (χ0) is 14.0. The van der Waals surface area contributed by atoms with Crippen molar-refractivity contribution in [1.82, 2.24) is 9.78 Å². The van der Waals surface area contributed by atoms with E-state index in [-0.39, 0.29) is 0 Å². The number of alkyl halides is 3. The second kappa shape index (κ2) is 4.83. The lowest BCUT2D eigenvalue weighted by molar-refractivity contribution is -0.137. The molecule has 19 heavy (non-hydrogen) atoms. The topological polar surface area (TPSA) is 55.9 Å². The van der Waals surface area contributed by atoms with Gasteiger partial charge in [-0.25, -0.2) is 0 Å². The fourth-order valence-electron chi connectivity index (χ4n) is 1.64. The van der Waals surface area contributed by atoms with Crippen LogP contribution in [-0.4, -0.2) is 9.78 Å². The summed E-state index contributed by atoms with van der Waals surface area (Å²) in [5.74, 6) is 0.516. The summed E-state index contributed by atoms with van der Waals surface area (Å²) in [5.41, 5.74) is 6.25. The molecule has 2 aromatic rings. The molecule has 0 spiro atoms. The summed E-state index contributed by atoms with van der Waals surface area (Å²) in [4.78, 5) is 0. The number of benzene rings is 1. The Balaban J connectivity index is 2.02. The average Bonchev–Trinajstić information content (AvgIpc) is 2.65. The number of nitrogens with two attached hydrogens (primary N) is 1. The van der Waals surface area contributed by atoms with Crippen LogP contribution in [0.1, 0.15) is 11.1 Å². The Hall–Kier alpha value is -2.18. The zero-order valence-electron chi connectivity index (χ0n) is 10.2. The Labute approximate surface area is 108 Å². The number of nitrogen functional groups attached to an aromatic ring is 1. The van der Waals surface area contributed by atoms with Gasteiger partial charge in [0, 0.05) is 19.8 Å². The summed E-state index contributed by atoms with van der Waals surface area (Å²) in [6.45, 7) is 0.360. The van der Waals surface area contributed by atoms with Gasteiger partial charge in [-0.05, 0) is 17.7 Å². The van der Waals surface area contributed by atoms with Crippen molar-refractivity contribution in [2.75, 3.05) is 11.1 Å². The molecule has 0 saturated heterocycles. The van der Waals surface area contributed by atoms with Gasteiger partial charge in [0.05, 0.1) is 11.3 Å². The lowest BCUT2D eigenvalue weighted by Crippen LogP contribution is -2.06. The molecule has 1 aromatic carbocycles. The van der Waals surface area contributed by atoms with Gasteiger partial charge in [0.1, 0.15) is 0 Å². The molecule has 0 radical (unpaired) electrons. The van der Waals surface area contributed by atoms with Gasteiger partial charge in [-0.15, -0.1) is 0 Å². The summed E-state index contributed by atoms with van der Waals surface area (Å²) in [6, 6.07) is 4.96. The van der Waals surface area contributed by atoms with Gasteiger partial charge >= 0.3 is 6.18 Å². The first kappa shape index (κ1) is 13.3. The van der Waals surface area contributed by atoms with Crippen molar-refractivity contribution < 1.29 is 13.2 Å². The Bertz CT molecular complexity index is 557. The average molecular weight is 270 g/mol. The molecular formula is C12H13F3N4. The van der Waals surface area contributed by atoms with Gasteiger partial charge in [-0.3, -0.25) is 4.68 Å². The number of hydrogen-bond acceptors (Lipinski definition) is 3. The van der Waals surface area contributed by atoms with E-state index in [9.17, 15) is 13.2 Å². The van der Waals surface area contributed by atoms with Crippen LogP contribution >= 0.6 is 0 Å². The molecule has 1 aromatic heterocycles. The highest BCUT2D eigenvalue weighted by molar-refractivity contribution is 5.59. The number of anilines is 2. The normalized spacial score (nSPS) is 11.6. The molecule has 4 nitrogen and oxygen atoms in total. The van der Waals surface area contributed by atoms with Crippen LogP contribution in [0.15, 0.2) is 30.5 Å². The summed E-state index contributed by atoms with van der Waals surface area (Å²) in [6.07, 6.45) is -2.66. The quantitative estimate of drug-likeness (QED) is 0.901. The standard InChI is InChI=1S/C12H13F3N4/c1-19-7-10(16)11(18-19)17-6-8-2-4-9(5-3-8)12(13,14)15/h2-5,7H,6,16H2,1H3,(H,17,18). The first-order valence-electron chi connectivity index (χ1n) is 5.55. The number of nitrogens with zero attached hydrogens (tertiary/aromatic N) is 2. The predicted octanol–water partition coefficient (Wildman–Crippen LogP) is 2.63. The van der Waals surface area contributed by atoms with E-state index in [1.54, 1.807) is 17.9 Å². The largest absolute Gasteiger partial charge is 0.416 e. The number of hydrogen-bond donors (Lipinski definition) is 2. The molecule has 0 amide bonds. The minimum Gasteiger partial charge on any atom is -0.394 e. The van der Waals surface area contributed by atoms with E-state index in [4.69, 9.17) is 5.73 Å². The van der Waals surface area contributed by atoms with E-state index in [1.807, 2.05) is 0 Å². The van der Waals surface area contributed by atoms with Gasteiger partial charge in [-0.2, -0.15) is 18.3 Å². The molecule has 0 fully saturated rings. The van der Waals surface area contributed by atoms with Gasteiger partial charge < -0.3 is 11.1 Å². The minimum absolute atomic E-state index is 0.360. The molecule has 0 bridgehead atoms. The van der Waals surface area contributed by atoms with Crippen LogP contribution in [0.25, 0.3) is 0 Å². The van der Waals surface area contributed by atoms with E-state index in [0.29, 0.717) is 18.1 Å². The fourth-order valence-corrected chi connectivity index (χ4v) is 1.64. The van der Waals surface area contributed by atoms with Crippen LogP contribution < -0.4 is 11.1 Å². The summed E-state index contributed by atoms with van der Waals surface area (Å²) in [7, 11) is 1.74. The summed E-state index contributed by atoms with van der Waals surface area (Å²) in [5, 5.41) is 7.05. The number of halogens is 3. The van der Waals surface area contributed by atoms with Crippen molar-refractivity contribution in [2.45, 2.75) is 12.7 Å². The van der Waals surface area contributed by atoms with Crippen LogP contribution in [0.5, 0.6) is 0 Å². The summed E-state index contributed by atoms with van der Waals surface area (Å²) < 4.78 is 38.7. The van der Waals surface area contributed by atoms with E-state index in [2.05, 4.69) is 10.4 Å². The van der Waals surface area contributed by atoms with Crippen molar-refractivity contribution in [3.8, 4) is 0 Å². The highest BCUT2D eigenvalue weighted by atomic mass is 19.4. The van der Waals surface area contributed by atoms with Crippen molar-refractivity contribution in [3.63, 3.8) is 0 Å². The second-order valence-electron chi connectivity index (χ2n) is 4.15. The molecular weight excluding hydrogens is 257 g/mol. The molecule has 0 aliphatic rings. The third kappa shape index (κ3) is 3.18. The van der Waals surface area contributed by atoms with Crippen LogP contribution in [0.4, 0.5) is 24.7 Å². The van der Waals surface area contributed by atoms with E-state index >= 15 is 0 Å². The molecule has 7 heteroatoms. The van der Waals surface area contributed by atoms with Crippen molar-refractivity contribution in [3.05, 3.63) is 41.6 Å². The second-order valence-corrected chi connectivity index (χ2v) is 4.15. The van der Waals surface area contributed by atoms with Gasteiger partial charge in [0.2, 0.25) is 0 Å². The lowest BCUT2D eigenvalue weighted by atomic mass is 10.1. The zero-order valence-corrected chi connectivity index (χ0v) is 10.2. The molecule has 2 rings (SSSR count). The van der Waals surface area contributed by atoms with E-state index in [1.165, 1.54) is 12.1 Å². The Morgan fingerprint density at radius 3 is 2.37 bits per heavy atom.